The zero-order valence-electron chi connectivity index (χ0n) is 17.3. The van der Waals surface area contributed by atoms with Crippen molar-refractivity contribution in [1.29, 1.82) is 0 Å². The zero-order valence-corrected chi connectivity index (χ0v) is 18.1. The molecule has 0 radical (unpaired) electrons. The van der Waals surface area contributed by atoms with Crippen molar-refractivity contribution in [2.24, 2.45) is 0 Å². The predicted octanol–water partition coefficient (Wildman–Crippen LogP) is 5.60. The first-order valence-electron chi connectivity index (χ1n) is 10.2. The maximum Gasteiger partial charge on any atom is 0.286 e. The number of rotatable bonds is 9. The molecule has 0 unspecified atom stereocenters. The largest absolute Gasteiger partial charge is 0.413 e. The molecule has 4 aromatic rings. The zero-order chi connectivity index (χ0) is 20.8. The van der Waals surface area contributed by atoms with Crippen LogP contribution in [0, 0.1) is 6.92 Å². The van der Waals surface area contributed by atoms with Crippen LogP contribution in [0.15, 0.2) is 52.9 Å². The molecule has 0 aliphatic heterocycles. The van der Waals surface area contributed by atoms with Crippen LogP contribution in [0.5, 0.6) is 0 Å². The maximum absolute atomic E-state index is 5.91. The molecule has 0 aliphatic rings. The molecule has 30 heavy (non-hydrogen) atoms. The molecular weight excluding hydrogens is 394 g/mol. The minimum Gasteiger partial charge on any atom is -0.413 e. The Morgan fingerprint density at radius 3 is 2.70 bits per heavy atom. The Balaban J connectivity index is 1.59. The third kappa shape index (κ3) is 4.79. The summed E-state index contributed by atoms with van der Waals surface area (Å²) in [5, 5.41) is 12.8. The van der Waals surface area contributed by atoms with E-state index in [0.29, 0.717) is 17.6 Å². The van der Waals surface area contributed by atoms with Gasteiger partial charge in [-0.15, -0.1) is 10.2 Å². The predicted molar refractivity (Wildman–Crippen MR) is 124 cm³/mol. The van der Waals surface area contributed by atoms with Crippen molar-refractivity contribution in [3.05, 3.63) is 54.1 Å². The average molecular weight is 420 g/mol. The number of thioether (sulfide) groups is 1. The monoisotopic (exact) mass is 419 g/mol. The first-order valence-corrected chi connectivity index (χ1v) is 11.4. The Kier molecular flexibility index (Phi) is 6.59. The molecule has 2 aromatic heterocycles. The maximum atomic E-state index is 5.91. The van der Waals surface area contributed by atoms with Gasteiger partial charge in [0.1, 0.15) is 5.82 Å². The molecule has 6 nitrogen and oxygen atoms in total. The van der Waals surface area contributed by atoms with Crippen molar-refractivity contribution in [3.8, 4) is 23.2 Å². The summed E-state index contributed by atoms with van der Waals surface area (Å²) >= 11 is 1.99. The number of para-hydroxylation sites is 1. The highest BCUT2D eigenvalue weighted by molar-refractivity contribution is 7.99. The van der Waals surface area contributed by atoms with Gasteiger partial charge in [0.05, 0.1) is 5.52 Å². The quantitative estimate of drug-likeness (QED) is 0.354. The van der Waals surface area contributed by atoms with E-state index >= 15 is 0 Å². The number of anilines is 1. The molecule has 0 spiro atoms. The molecule has 0 aliphatic carbocycles. The Bertz CT molecular complexity index is 1130. The van der Waals surface area contributed by atoms with E-state index in [9.17, 15) is 0 Å². The fourth-order valence-electron chi connectivity index (χ4n) is 3.14. The molecule has 0 saturated carbocycles. The average Bonchev–Trinajstić information content (AvgIpc) is 3.26. The molecule has 2 heterocycles. The molecule has 0 bridgehead atoms. The second-order valence-electron chi connectivity index (χ2n) is 7.09. The lowest BCUT2D eigenvalue weighted by Crippen LogP contribution is -2.06. The van der Waals surface area contributed by atoms with Crippen LogP contribution >= 0.6 is 11.8 Å². The topological polar surface area (TPSA) is 76.7 Å². The highest BCUT2D eigenvalue weighted by Crippen LogP contribution is 2.27. The molecule has 0 saturated heterocycles. The highest BCUT2D eigenvalue weighted by Gasteiger charge is 2.16. The SMILES string of the molecule is CCCSCCCNc1nc(-c2nnc(-c3cccc(C)c3)o2)nc2ccccc12. The summed E-state index contributed by atoms with van der Waals surface area (Å²) < 4.78 is 5.91. The number of nitrogens with zero attached hydrogens (tertiary/aromatic N) is 4. The number of hydrogen-bond acceptors (Lipinski definition) is 7. The Morgan fingerprint density at radius 2 is 1.83 bits per heavy atom. The minimum absolute atomic E-state index is 0.318. The van der Waals surface area contributed by atoms with E-state index in [2.05, 4.69) is 27.4 Å². The molecule has 0 atom stereocenters. The van der Waals surface area contributed by atoms with Crippen LogP contribution in [0.4, 0.5) is 5.82 Å². The van der Waals surface area contributed by atoms with Gasteiger partial charge in [0.25, 0.3) is 5.89 Å². The summed E-state index contributed by atoms with van der Waals surface area (Å²) in [7, 11) is 0. The lowest BCUT2D eigenvalue weighted by Gasteiger charge is -2.09. The number of nitrogens with one attached hydrogen (secondary N) is 1. The van der Waals surface area contributed by atoms with Gasteiger partial charge in [-0.3, -0.25) is 0 Å². The molecule has 2 aromatic carbocycles. The van der Waals surface area contributed by atoms with Crippen molar-refractivity contribution in [2.75, 3.05) is 23.4 Å². The molecule has 1 N–H and O–H groups in total. The summed E-state index contributed by atoms with van der Waals surface area (Å²) in [6.07, 6.45) is 2.29. The number of benzene rings is 2. The molecule has 0 amide bonds. The van der Waals surface area contributed by atoms with Gasteiger partial charge in [0.2, 0.25) is 11.7 Å². The molecule has 4 rings (SSSR count). The van der Waals surface area contributed by atoms with Crippen LogP contribution in [0.1, 0.15) is 25.3 Å². The van der Waals surface area contributed by atoms with Gasteiger partial charge >= 0.3 is 0 Å². The van der Waals surface area contributed by atoms with E-state index < -0.39 is 0 Å². The van der Waals surface area contributed by atoms with E-state index in [1.54, 1.807) is 0 Å². The summed E-state index contributed by atoms with van der Waals surface area (Å²) in [5.41, 5.74) is 2.87. The molecule has 7 heteroatoms. The number of aromatic nitrogens is 4. The normalized spacial score (nSPS) is 11.1. The molecule has 154 valence electrons. The second-order valence-corrected chi connectivity index (χ2v) is 8.31. The standard InChI is InChI=1S/C23H25N5OS/c1-3-13-30-14-7-12-24-20-18-10-4-5-11-19(18)25-21(26-20)23-28-27-22(29-23)17-9-6-8-16(2)15-17/h4-6,8-11,15H,3,7,12-14H2,1-2H3,(H,24,25,26). The first kappa shape index (κ1) is 20.3. The van der Waals surface area contributed by atoms with Crippen LogP contribution in [0.3, 0.4) is 0 Å². The Labute approximate surface area is 180 Å². The third-order valence-corrected chi connectivity index (χ3v) is 5.87. The number of hydrogen-bond donors (Lipinski definition) is 1. The number of fused-ring (bicyclic) bond motifs is 1. The lowest BCUT2D eigenvalue weighted by molar-refractivity contribution is 0.579. The fraction of sp³-hybridized carbons (Fsp3) is 0.304. The lowest BCUT2D eigenvalue weighted by atomic mass is 10.1. The second kappa shape index (κ2) is 9.71. The molecule has 0 fully saturated rings. The van der Waals surface area contributed by atoms with E-state index in [1.807, 2.05) is 67.2 Å². The van der Waals surface area contributed by atoms with Crippen LogP contribution in [-0.2, 0) is 0 Å². The van der Waals surface area contributed by atoms with Crippen molar-refractivity contribution in [3.63, 3.8) is 0 Å². The van der Waals surface area contributed by atoms with Gasteiger partial charge < -0.3 is 9.73 Å². The van der Waals surface area contributed by atoms with E-state index in [-0.39, 0.29) is 0 Å². The van der Waals surface area contributed by atoms with Gasteiger partial charge in [-0.25, -0.2) is 9.97 Å². The van der Waals surface area contributed by atoms with Gasteiger partial charge in [-0.1, -0.05) is 36.8 Å². The van der Waals surface area contributed by atoms with Crippen LogP contribution in [0.25, 0.3) is 34.1 Å². The number of aryl methyl sites for hydroxylation is 1. The van der Waals surface area contributed by atoms with Gasteiger partial charge in [-0.05, 0) is 55.5 Å². The van der Waals surface area contributed by atoms with Crippen LogP contribution < -0.4 is 5.32 Å². The summed E-state index contributed by atoms with van der Waals surface area (Å²) in [6, 6.07) is 15.9. The Morgan fingerprint density at radius 1 is 0.967 bits per heavy atom. The minimum atomic E-state index is 0.318. The molecular formula is C23H25N5OS. The van der Waals surface area contributed by atoms with E-state index in [1.165, 1.54) is 12.2 Å². The van der Waals surface area contributed by atoms with Crippen LogP contribution in [-0.4, -0.2) is 38.2 Å². The smallest absolute Gasteiger partial charge is 0.286 e. The third-order valence-electron chi connectivity index (χ3n) is 4.59. The van der Waals surface area contributed by atoms with Crippen LogP contribution in [0.2, 0.25) is 0 Å². The first-order chi connectivity index (χ1) is 14.7. The van der Waals surface area contributed by atoms with Crippen molar-refractivity contribution in [1.82, 2.24) is 20.2 Å². The summed E-state index contributed by atoms with van der Waals surface area (Å²) in [6.45, 7) is 5.10. The van der Waals surface area contributed by atoms with Gasteiger partial charge in [-0.2, -0.15) is 11.8 Å². The van der Waals surface area contributed by atoms with Gasteiger partial charge in [0, 0.05) is 17.5 Å². The van der Waals surface area contributed by atoms with E-state index in [4.69, 9.17) is 9.40 Å². The van der Waals surface area contributed by atoms with Crippen molar-refractivity contribution < 1.29 is 4.42 Å². The van der Waals surface area contributed by atoms with E-state index in [0.717, 1.165) is 46.6 Å². The van der Waals surface area contributed by atoms with Gasteiger partial charge in [0.15, 0.2) is 0 Å². The fourth-order valence-corrected chi connectivity index (χ4v) is 3.98. The summed E-state index contributed by atoms with van der Waals surface area (Å²) in [4.78, 5) is 9.35. The van der Waals surface area contributed by atoms with Crippen molar-refractivity contribution in [2.45, 2.75) is 26.7 Å². The summed E-state index contributed by atoms with van der Waals surface area (Å²) in [5.74, 6) is 4.36. The highest BCUT2D eigenvalue weighted by atomic mass is 32.2. The van der Waals surface area contributed by atoms with Crippen molar-refractivity contribution >= 4 is 28.5 Å². The Hall–Kier alpha value is -2.93.